The first-order valence-corrected chi connectivity index (χ1v) is 18.8. The van der Waals surface area contributed by atoms with E-state index in [1.54, 1.807) is 6.07 Å². The lowest BCUT2D eigenvalue weighted by atomic mass is 10.0. The third-order valence-corrected chi connectivity index (χ3v) is 10.7. The number of hydrogen-bond donors (Lipinski definition) is 3. The van der Waals surface area contributed by atoms with Gasteiger partial charge in [0.2, 0.25) is 5.88 Å². The number of nitriles is 1. The van der Waals surface area contributed by atoms with Crippen LogP contribution in [0.15, 0.2) is 97.1 Å². The van der Waals surface area contributed by atoms with E-state index in [1.165, 1.54) is 5.57 Å². The quantitative estimate of drug-likeness (QED) is 0.109. The number of amides is 1. The fourth-order valence-electron chi connectivity index (χ4n) is 7.53. The minimum atomic E-state index is -0.219. The second-order valence-electron chi connectivity index (χ2n) is 14.4. The molecule has 1 saturated heterocycles. The molecule has 4 heterocycles. The highest BCUT2D eigenvalue weighted by Crippen LogP contribution is 2.31. The first-order chi connectivity index (χ1) is 26.8. The van der Waals surface area contributed by atoms with Crippen molar-refractivity contribution >= 4 is 50.2 Å². The number of rotatable bonds is 12. The Kier molecular flexibility index (Phi) is 10.2. The van der Waals surface area contributed by atoms with Crippen molar-refractivity contribution in [2.24, 2.45) is 0 Å². The smallest absolute Gasteiger partial charge is 0.255 e. The number of nitrogen functional groups attached to an aromatic ring is 1. The van der Waals surface area contributed by atoms with Crippen molar-refractivity contribution < 1.29 is 14.3 Å². The standard InChI is InChI=1S/C44H44N8O3/c1-28(52(26-35-18-21-54-35)42-15-12-31(22-39(42)46)44(53)47-34-13-14-41-38(23-34)29(2)49-50-41)25-51-19-16-30(17-20-51)40-8-5-9-43(48-40)55-27-33-11-10-32(24-45)36-6-3-4-7-37(33)36/h3-16,22-23,28,35H,17-21,25-27,46H2,1-2H3,(H,47,53)(H,49,50)/t28?,35-/m0/s1. The van der Waals surface area contributed by atoms with Crippen LogP contribution in [-0.2, 0) is 11.3 Å². The normalized spacial score (nSPS) is 16.2. The molecule has 1 fully saturated rings. The minimum Gasteiger partial charge on any atom is -0.473 e. The molecule has 0 saturated carbocycles. The topological polar surface area (TPSA) is 145 Å². The Balaban J connectivity index is 0.911. The molecule has 1 amide bonds. The molecule has 0 aliphatic carbocycles. The summed E-state index contributed by atoms with van der Waals surface area (Å²) < 4.78 is 12.0. The van der Waals surface area contributed by atoms with E-state index in [4.69, 9.17) is 20.2 Å². The highest BCUT2D eigenvalue weighted by Gasteiger charge is 2.28. The van der Waals surface area contributed by atoms with Crippen molar-refractivity contribution in [3.05, 3.63) is 125 Å². The number of fused-ring (bicyclic) bond motifs is 2. The number of nitrogens with zero attached hydrogens (tertiary/aromatic N) is 5. The molecule has 2 aliphatic heterocycles. The maximum atomic E-state index is 13.3. The van der Waals surface area contributed by atoms with Gasteiger partial charge >= 0.3 is 0 Å². The summed E-state index contributed by atoms with van der Waals surface area (Å²) >= 11 is 0. The molecular formula is C44H44N8O3. The van der Waals surface area contributed by atoms with Crippen LogP contribution in [0.2, 0.25) is 0 Å². The van der Waals surface area contributed by atoms with Crippen LogP contribution >= 0.6 is 0 Å². The van der Waals surface area contributed by atoms with E-state index in [0.29, 0.717) is 35.0 Å². The van der Waals surface area contributed by atoms with Crippen molar-refractivity contribution in [3.8, 4) is 11.9 Å². The third-order valence-electron chi connectivity index (χ3n) is 10.7. The van der Waals surface area contributed by atoms with E-state index < -0.39 is 0 Å². The fourth-order valence-corrected chi connectivity index (χ4v) is 7.53. The molecule has 11 heteroatoms. The Hall–Kier alpha value is -6.22. The van der Waals surface area contributed by atoms with E-state index in [2.05, 4.69) is 44.4 Å². The summed E-state index contributed by atoms with van der Waals surface area (Å²) in [6.07, 6.45) is 4.30. The number of ether oxygens (including phenoxy) is 2. The number of benzene rings is 4. The zero-order valence-electron chi connectivity index (χ0n) is 31.1. The molecule has 8 rings (SSSR count). The average molecular weight is 733 g/mol. The summed E-state index contributed by atoms with van der Waals surface area (Å²) in [5, 5.41) is 22.7. The van der Waals surface area contributed by atoms with Crippen molar-refractivity contribution in [1.82, 2.24) is 20.1 Å². The predicted octanol–water partition coefficient (Wildman–Crippen LogP) is 7.48. The molecule has 4 N–H and O–H groups in total. The number of aromatic nitrogens is 3. The summed E-state index contributed by atoms with van der Waals surface area (Å²) in [6.45, 7) is 8.58. The van der Waals surface area contributed by atoms with Gasteiger partial charge in [-0.2, -0.15) is 10.4 Å². The lowest BCUT2D eigenvalue weighted by Gasteiger charge is -2.40. The molecule has 2 aliphatic rings. The van der Waals surface area contributed by atoms with Gasteiger partial charge in [0.1, 0.15) is 6.61 Å². The highest BCUT2D eigenvalue weighted by atomic mass is 16.5. The van der Waals surface area contributed by atoms with Crippen LogP contribution in [0.5, 0.6) is 5.88 Å². The molecule has 278 valence electrons. The Morgan fingerprint density at radius 3 is 2.71 bits per heavy atom. The Bertz CT molecular complexity index is 2450. The first-order valence-electron chi connectivity index (χ1n) is 18.8. The zero-order valence-corrected chi connectivity index (χ0v) is 31.1. The number of H-pyrrole nitrogens is 1. The second kappa shape index (κ2) is 15.6. The summed E-state index contributed by atoms with van der Waals surface area (Å²) in [5.41, 5.74) is 15.0. The molecule has 0 radical (unpaired) electrons. The number of pyridine rings is 1. The molecule has 4 aromatic carbocycles. The van der Waals surface area contributed by atoms with Crippen molar-refractivity contribution in [1.29, 1.82) is 5.26 Å². The Morgan fingerprint density at radius 1 is 1.09 bits per heavy atom. The van der Waals surface area contributed by atoms with Gasteiger partial charge in [0, 0.05) is 67.2 Å². The van der Waals surface area contributed by atoms with E-state index >= 15 is 0 Å². The number of aromatic amines is 1. The van der Waals surface area contributed by atoms with Crippen LogP contribution < -0.4 is 20.7 Å². The predicted molar refractivity (Wildman–Crippen MR) is 217 cm³/mol. The van der Waals surface area contributed by atoms with Gasteiger partial charge in [-0.1, -0.05) is 42.5 Å². The number of carbonyl (C=O) groups excluding carboxylic acids is 1. The summed E-state index contributed by atoms with van der Waals surface area (Å²) in [4.78, 5) is 22.9. The van der Waals surface area contributed by atoms with Gasteiger partial charge < -0.3 is 25.4 Å². The number of aryl methyl sites for hydroxylation is 1. The third kappa shape index (κ3) is 7.74. The average Bonchev–Trinajstić information content (AvgIpc) is 3.56. The van der Waals surface area contributed by atoms with E-state index in [1.807, 2.05) is 91.9 Å². The van der Waals surface area contributed by atoms with Crippen LogP contribution in [0.1, 0.15) is 52.6 Å². The van der Waals surface area contributed by atoms with Crippen LogP contribution in [0, 0.1) is 18.3 Å². The van der Waals surface area contributed by atoms with E-state index in [0.717, 1.165) is 89.9 Å². The first kappa shape index (κ1) is 35.8. The number of nitrogens with one attached hydrogen (secondary N) is 2. The monoisotopic (exact) mass is 732 g/mol. The maximum absolute atomic E-state index is 13.3. The molecule has 1 unspecified atom stereocenters. The molecule has 55 heavy (non-hydrogen) atoms. The SMILES string of the molecule is Cc1[nH]nc2ccc(NC(=O)c3ccc(N(C[C@@H]4CCO4)C(C)CN4CC=C(c5cccc(OCc6ccc(C#N)c7ccccc67)n5)CC4)c(N)c3)cc12. The van der Waals surface area contributed by atoms with E-state index in [-0.39, 0.29) is 18.1 Å². The summed E-state index contributed by atoms with van der Waals surface area (Å²) in [7, 11) is 0. The number of anilines is 3. The number of hydrogen-bond acceptors (Lipinski definition) is 9. The molecule has 2 atom stereocenters. The van der Waals surface area contributed by atoms with Gasteiger partial charge in [-0.05, 0) is 97.1 Å². The van der Waals surface area contributed by atoms with Crippen LogP contribution in [0.4, 0.5) is 17.1 Å². The maximum Gasteiger partial charge on any atom is 0.255 e. The lowest BCUT2D eigenvalue weighted by Crippen LogP contribution is -2.49. The minimum absolute atomic E-state index is 0.138. The van der Waals surface area contributed by atoms with Crippen LogP contribution in [0.25, 0.3) is 27.2 Å². The molecular weight excluding hydrogens is 689 g/mol. The molecule has 0 bridgehead atoms. The van der Waals surface area contributed by atoms with Gasteiger partial charge in [0.15, 0.2) is 0 Å². The van der Waals surface area contributed by atoms with Crippen molar-refractivity contribution in [2.45, 2.75) is 45.4 Å². The fraction of sp³-hybridized carbons (Fsp3) is 0.273. The summed E-state index contributed by atoms with van der Waals surface area (Å²) in [5.74, 6) is 0.353. The largest absolute Gasteiger partial charge is 0.473 e. The highest BCUT2D eigenvalue weighted by molar-refractivity contribution is 6.06. The van der Waals surface area contributed by atoms with Gasteiger partial charge in [0.25, 0.3) is 5.91 Å². The Labute approximate surface area is 320 Å². The zero-order chi connectivity index (χ0) is 37.9. The second-order valence-corrected chi connectivity index (χ2v) is 14.4. The molecule has 0 spiro atoms. The van der Waals surface area contributed by atoms with Crippen molar-refractivity contribution in [2.75, 3.05) is 48.7 Å². The van der Waals surface area contributed by atoms with Gasteiger partial charge in [-0.25, -0.2) is 4.98 Å². The number of carbonyl (C=O) groups is 1. The molecule has 2 aromatic heterocycles. The lowest BCUT2D eigenvalue weighted by molar-refractivity contribution is -0.0454. The summed E-state index contributed by atoms with van der Waals surface area (Å²) in [6, 6.07) is 31.3. The number of nitrogens with two attached hydrogens (primary N) is 1. The Morgan fingerprint density at radius 2 is 1.95 bits per heavy atom. The van der Waals surface area contributed by atoms with Gasteiger partial charge in [0.05, 0.1) is 40.3 Å². The van der Waals surface area contributed by atoms with Crippen LogP contribution in [-0.4, -0.2) is 70.9 Å². The molecule has 11 nitrogen and oxygen atoms in total. The van der Waals surface area contributed by atoms with Crippen LogP contribution in [0.3, 0.4) is 0 Å². The van der Waals surface area contributed by atoms with Gasteiger partial charge in [-0.3, -0.25) is 14.8 Å². The van der Waals surface area contributed by atoms with Gasteiger partial charge in [-0.15, -0.1) is 0 Å². The van der Waals surface area contributed by atoms with Crippen molar-refractivity contribution in [3.63, 3.8) is 0 Å². The van der Waals surface area contributed by atoms with E-state index in [9.17, 15) is 10.1 Å². The molecule has 6 aromatic rings.